The molecule has 1 aliphatic rings. The Morgan fingerprint density at radius 3 is 3.05 bits per heavy atom. The number of para-hydroxylation sites is 1. The van der Waals surface area contributed by atoms with Gasteiger partial charge in [-0.05, 0) is 29.5 Å². The Morgan fingerprint density at radius 1 is 1.50 bits per heavy atom. The topological polar surface area (TPSA) is 44.1 Å². The van der Waals surface area contributed by atoms with Gasteiger partial charge in [0.15, 0.2) is 5.16 Å². The minimum atomic E-state index is 0.00350. The van der Waals surface area contributed by atoms with Gasteiger partial charge in [0.1, 0.15) is 0 Å². The lowest BCUT2D eigenvalue weighted by molar-refractivity contribution is 0.0937. The fourth-order valence-electron chi connectivity index (χ4n) is 2.55. The molecule has 4 nitrogen and oxygen atoms in total. The molecular weight excluding hydrogens is 364 g/mol. The average molecular weight is 381 g/mol. The molecule has 2 aromatic rings. The molecule has 0 bridgehead atoms. The number of aromatic nitrogens is 2. The highest BCUT2D eigenvalue weighted by Gasteiger charge is 2.20. The van der Waals surface area contributed by atoms with Gasteiger partial charge in [0.25, 0.3) is 5.56 Å². The number of rotatable bonds is 5. The van der Waals surface area contributed by atoms with Gasteiger partial charge in [-0.2, -0.15) is 0 Å². The Balaban J connectivity index is 2.03. The third kappa shape index (κ3) is 3.45. The summed E-state index contributed by atoms with van der Waals surface area (Å²) in [6, 6.07) is 7.47. The lowest BCUT2D eigenvalue weighted by atomic mass is 10.2. The number of nitrogens with zero attached hydrogens (tertiary/aromatic N) is 2. The second-order valence-corrected chi connectivity index (χ2v) is 7.33. The van der Waals surface area contributed by atoms with Crippen molar-refractivity contribution in [3.8, 4) is 0 Å². The molecular formula is C16H17BrN2O2S. The monoisotopic (exact) mass is 380 g/mol. The van der Waals surface area contributed by atoms with E-state index >= 15 is 0 Å². The van der Waals surface area contributed by atoms with Crippen molar-refractivity contribution in [3.05, 3.63) is 45.7 Å². The highest BCUT2D eigenvalue weighted by Crippen LogP contribution is 2.23. The number of thioether (sulfide) groups is 1. The molecule has 1 aromatic carbocycles. The summed E-state index contributed by atoms with van der Waals surface area (Å²) in [6.45, 7) is 5.19. The summed E-state index contributed by atoms with van der Waals surface area (Å²) in [5.41, 5.74) is 0.738. The van der Waals surface area contributed by atoms with Crippen LogP contribution in [0.4, 0.5) is 0 Å². The van der Waals surface area contributed by atoms with Crippen LogP contribution in [0.1, 0.15) is 12.8 Å². The quantitative estimate of drug-likeness (QED) is 0.587. The van der Waals surface area contributed by atoms with Gasteiger partial charge in [0.05, 0.1) is 23.6 Å². The van der Waals surface area contributed by atoms with E-state index in [1.165, 1.54) is 11.8 Å². The second-order valence-electron chi connectivity index (χ2n) is 5.27. The predicted octanol–water partition coefficient (Wildman–Crippen LogP) is 3.58. The smallest absolute Gasteiger partial charge is 0.262 e. The van der Waals surface area contributed by atoms with Crippen molar-refractivity contribution in [3.63, 3.8) is 0 Å². The van der Waals surface area contributed by atoms with Gasteiger partial charge >= 0.3 is 0 Å². The molecule has 2 heterocycles. The van der Waals surface area contributed by atoms with Crippen molar-refractivity contribution in [2.24, 2.45) is 0 Å². The van der Waals surface area contributed by atoms with E-state index < -0.39 is 0 Å². The number of ether oxygens (including phenoxy) is 1. The van der Waals surface area contributed by atoms with E-state index in [1.807, 2.05) is 24.3 Å². The lowest BCUT2D eigenvalue weighted by Gasteiger charge is -2.16. The molecule has 116 valence electrons. The molecule has 22 heavy (non-hydrogen) atoms. The summed E-state index contributed by atoms with van der Waals surface area (Å²) in [5, 5.41) is 1.38. The van der Waals surface area contributed by atoms with Crippen LogP contribution >= 0.6 is 27.7 Å². The Labute approximate surface area is 141 Å². The lowest BCUT2D eigenvalue weighted by Crippen LogP contribution is -2.28. The van der Waals surface area contributed by atoms with Crippen molar-refractivity contribution >= 4 is 38.6 Å². The van der Waals surface area contributed by atoms with Crippen LogP contribution < -0.4 is 5.56 Å². The number of halogens is 1. The molecule has 1 aliphatic heterocycles. The molecule has 0 aliphatic carbocycles. The van der Waals surface area contributed by atoms with E-state index in [9.17, 15) is 4.79 Å². The zero-order valence-corrected chi connectivity index (χ0v) is 14.5. The number of fused-ring (bicyclic) bond motifs is 1. The first-order chi connectivity index (χ1) is 10.6. The number of hydrogen-bond donors (Lipinski definition) is 0. The first kappa shape index (κ1) is 15.8. The molecule has 0 radical (unpaired) electrons. The minimum absolute atomic E-state index is 0.00350. The summed E-state index contributed by atoms with van der Waals surface area (Å²) in [4.78, 5) is 17.5. The van der Waals surface area contributed by atoms with Gasteiger partial charge in [-0.15, -0.1) is 0 Å². The fourth-order valence-corrected chi connectivity index (χ4v) is 3.66. The predicted molar refractivity (Wildman–Crippen MR) is 93.8 cm³/mol. The van der Waals surface area contributed by atoms with E-state index in [0.29, 0.717) is 17.7 Å². The Hall–Kier alpha value is -1.11. The molecule has 0 amide bonds. The van der Waals surface area contributed by atoms with Crippen LogP contribution in [-0.4, -0.2) is 28.0 Å². The highest BCUT2D eigenvalue weighted by atomic mass is 79.9. The van der Waals surface area contributed by atoms with Crippen LogP contribution in [0.5, 0.6) is 0 Å². The zero-order valence-electron chi connectivity index (χ0n) is 12.1. The molecule has 1 aromatic heterocycles. The molecule has 0 spiro atoms. The molecule has 3 rings (SSSR count). The molecule has 1 atom stereocenters. The standard InChI is InChI=1S/C16H17BrN2O2S/c1-11(17)10-22-16-18-14-7-3-2-6-13(14)15(20)19(16)9-12-5-4-8-21-12/h2-3,6-7,12H,1,4-5,8-10H2/t12-/m0/s1. The third-order valence-electron chi connectivity index (χ3n) is 3.59. The molecule has 0 N–H and O–H groups in total. The van der Waals surface area contributed by atoms with Gasteiger partial charge in [-0.25, -0.2) is 4.98 Å². The van der Waals surface area contributed by atoms with Crippen LogP contribution in [-0.2, 0) is 11.3 Å². The maximum Gasteiger partial charge on any atom is 0.262 e. The molecule has 1 fully saturated rings. The number of hydrogen-bond acceptors (Lipinski definition) is 4. The fraction of sp³-hybridized carbons (Fsp3) is 0.375. The van der Waals surface area contributed by atoms with Crippen molar-refractivity contribution in [2.45, 2.75) is 30.6 Å². The van der Waals surface area contributed by atoms with E-state index in [0.717, 1.165) is 34.6 Å². The van der Waals surface area contributed by atoms with E-state index in [-0.39, 0.29) is 11.7 Å². The summed E-state index contributed by atoms with van der Waals surface area (Å²) < 4.78 is 8.31. The largest absolute Gasteiger partial charge is 0.376 e. The molecule has 1 saturated heterocycles. The van der Waals surface area contributed by atoms with Crippen molar-refractivity contribution in [2.75, 3.05) is 12.4 Å². The third-order valence-corrected chi connectivity index (χ3v) is 5.31. The summed E-state index contributed by atoms with van der Waals surface area (Å²) in [5.74, 6) is 0.677. The van der Waals surface area contributed by atoms with E-state index in [2.05, 4.69) is 27.5 Å². The maximum absolute atomic E-state index is 12.8. The summed E-state index contributed by atoms with van der Waals surface area (Å²) in [6.07, 6.45) is 2.16. The Bertz CT molecular complexity index is 753. The molecule has 0 unspecified atom stereocenters. The van der Waals surface area contributed by atoms with Crippen molar-refractivity contribution in [1.82, 2.24) is 9.55 Å². The van der Waals surface area contributed by atoms with Gasteiger partial charge in [-0.3, -0.25) is 9.36 Å². The van der Waals surface area contributed by atoms with Gasteiger partial charge in [-0.1, -0.05) is 46.4 Å². The van der Waals surface area contributed by atoms with Gasteiger partial charge < -0.3 is 4.74 Å². The summed E-state index contributed by atoms with van der Waals surface area (Å²) >= 11 is 4.88. The van der Waals surface area contributed by atoms with E-state index in [1.54, 1.807) is 4.57 Å². The SMILES string of the molecule is C=C(Br)CSc1nc2ccccc2c(=O)n1C[C@@H]1CCCO1. The summed E-state index contributed by atoms with van der Waals surface area (Å²) in [7, 11) is 0. The molecule has 0 saturated carbocycles. The zero-order chi connectivity index (χ0) is 15.5. The first-order valence-corrected chi connectivity index (χ1v) is 9.00. The van der Waals surface area contributed by atoms with Crippen LogP contribution in [0.2, 0.25) is 0 Å². The van der Waals surface area contributed by atoms with Crippen LogP contribution in [0.3, 0.4) is 0 Å². The van der Waals surface area contributed by atoms with Crippen LogP contribution in [0.15, 0.2) is 45.3 Å². The normalized spacial score (nSPS) is 18.0. The van der Waals surface area contributed by atoms with Crippen molar-refractivity contribution in [1.29, 1.82) is 0 Å². The van der Waals surface area contributed by atoms with Crippen LogP contribution in [0.25, 0.3) is 10.9 Å². The first-order valence-electron chi connectivity index (χ1n) is 7.22. The number of benzene rings is 1. The second kappa shape index (κ2) is 6.98. The Morgan fingerprint density at radius 2 is 2.32 bits per heavy atom. The maximum atomic E-state index is 12.8. The average Bonchev–Trinajstić information content (AvgIpc) is 3.01. The molecule has 6 heteroatoms. The minimum Gasteiger partial charge on any atom is -0.376 e. The van der Waals surface area contributed by atoms with Crippen molar-refractivity contribution < 1.29 is 4.74 Å². The van der Waals surface area contributed by atoms with Gasteiger partial charge in [0.2, 0.25) is 0 Å². The Kier molecular flexibility index (Phi) is 5.00. The van der Waals surface area contributed by atoms with E-state index in [4.69, 9.17) is 4.74 Å². The highest BCUT2D eigenvalue weighted by molar-refractivity contribution is 9.11. The van der Waals surface area contributed by atoms with Gasteiger partial charge in [0, 0.05) is 12.4 Å². The van der Waals surface area contributed by atoms with Crippen LogP contribution in [0, 0.1) is 0 Å².